The van der Waals surface area contributed by atoms with Crippen LogP contribution in [0.5, 0.6) is 0 Å². The molecule has 4 nitrogen and oxygen atoms in total. The number of aromatic amines is 1. The molecule has 1 aromatic rings. The Morgan fingerprint density at radius 3 is 2.00 bits per heavy atom. The maximum Gasteiger partial charge on any atom is 0.128 e. The highest BCUT2D eigenvalue weighted by Gasteiger charge is 1.57. The summed E-state index contributed by atoms with van der Waals surface area (Å²) in [5.74, 6) is 0. The molecule has 9 heavy (non-hydrogen) atoms. The highest BCUT2D eigenvalue weighted by atomic mass is 32.1. The zero-order chi connectivity index (χ0) is 7.11. The van der Waals surface area contributed by atoms with Gasteiger partial charge in [0, 0.05) is 0 Å². The molecule has 0 spiro atoms. The van der Waals surface area contributed by atoms with Gasteiger partial charge in [-0.05, 0) is 0 Å². The van der Waals surface area contributed by atoms with E-state index >= 15 is 0 Å². The summed E-state index contributed by atoms with van der Waals surface area (Å²) in [6.45, 7) is 0. The molecule has 3 N–H and O–H groups in total. The van der Waals surface area contributed by atoms with Crippen molar-refractivity contribution in [1.29, 1.82) is 0 Å². The lowest BCUT2D eigenvalue weighted by Gasteiger charge is -1.64. The predicted molar refractivity (Wildman–Crippen MR) is 42.2 cm³/mol. The van der Waals surface area contributed by atoms with Crippen LogP contribution >= 0.6 is 24.8 Å². The summed E-state index contributed by atoms with van der Waals surface area (Å²) in [5, 5.41) is 9.33. The standard InChI is InChI=1S/C2H3N3.CH3NS2/c1-2-4-5-3-1;2-1(3)4/h1-2H,(H,3,4,5);(H3,2,3,4). The number of nitrogens with two attached hydrogens (primary N) is 1. The quantitative estimate of drug-likeness (QED) is 0.370. The molecule has 0 fully saturated rings. The minimum absolute atomic E-state index is 0.194. The van der Waals surface area contributed by atoms with Crippen molar-refractivity contribution in [3.05, 3.63) is 12.4 Å². The van der Waals surface area contributed by atoms with E-state index in [2.05, 4.69) is 40.3 Å². The Bertz CT molecular complexity index is 128. The van der Waals surface area contributed by atoms with E-state index in [1.54, 1.807) is 12.4 Å². The smallest absolute Gasteiger partial charge is 0.128 e. The molecule has 0 saturated heterocycles. The molecule has 0 unspecified atom stereocenters. The fourth-order valence-electron chi connectivity index (χ4n) is 0.167. The molecule has 0 aliphatic rings. The third kappa shape index (κ3) is 11.1. The predicted octanol–water partition coefficient (Wildman–Crippen LogP) is -0.0355. The van der Waals surface area contributed by atoms with E-state index in [1.807, 2.05) is 0 Å². The normalized spacial score (nSPS) is 7.22. The molecule has 0 saturated carbocycles. The summed E-state index contributed by atoms with van der Waals surface area (Å²) in [4.78, 5) is 0. The van der Waals surface area contributed by atoms with Crippen molar-refractivity contribution >= 4 is 29.2 Å². The van der Waals surface area contributed by atoms with Gasteiger partial charge < -0.3 is 5.73 Å². The average Bonchev–Trinajstić information content (AvgIpc) is 2.11. The molecule has 0 amide bonds. The molecular formula is C3H6N4S2. The van der Waals surface area contributed by atoms with Crippen molar-refractivity contribution in [2.24, 2.45) is 5.73 Å². The van der Waals surface area contributed by atoms with Gasteiger partial charge >= 0.3 is 0 Å². The van der Waals surface area contributed by atoms with Crippen LogP contribution in [0.25, 0.3) is 0 Å². The van der Waals surface area contributed by atoms with Gasteiger partial charge in [-0.2, -0.15) is 15.4 Å². The van der Waals surface area contributed by atoms with Crippen LogP contribution in [-0.2, 0) is 0 Å². The van der Waals surface area contributed by atoms with Crippen LogP contribution in [0.15, 0.2) is 12.4 Å². The highest BCUT2D eigenvalue weighted by Crippen LogP contribution is 1.63. The van der Waals surface area contributed by atoms with Gasteiger partial charge in [0.2, 0.25) is 0 Å². The van der Waals surface area contributed by atoms with E-state index in [4.69, 9.17) is 5.73 Å². The number of hydrogen-bond donors (Lipinski definition) is 3. The van der Waals surface area contributed by atoms with E-state index in [9.17, 15) is 0 Å². The summed E-state index contributed by atoms with van der Waals surface area (Å²) >= 11 is 7.65. The fourth-order valence-corrected chi connectivity index (χ4v) is 0.167. The number of thiocarbonyl (C=S) groups is 1. The number of rotatable bonds is 0. The lowest BCUT2D eigenvalue weighted by atomic mass is 11.0. The van der Waals surface area contributed by atoms with Crippen molar-refractivity contribution in [2.75, 3.05) is 0 Å². The first-order valence-corrected chi connectivity index (χ1v) is 2.87. The molecule has 50 valence electrons. The Kier molecular flexibility index (Phi) is 5.14. The van der Waals surface area contributed by atoms with E-state index in [-0.39, 0.29) is 4.32 Å². The molecule has 6 heteroatoms. The largest absolute Gasteiger partial charge is 0.385 e. The van der Waals surface area contributed by atoms with E-state index < -0.39 is 0 Å². The molecule has 0 bridgehead atoms. The first-order valence-electron chi connectivity index (χ1n) is 2.01. The van der Waals surface area contributed by atoms with Crippen LogP contribution in [0, 0.1) is 0 Å². The molecule has 0 aromatic carbocycles. The maximum absolute atomic E-state index is 4.71. The third-order valence-electron chi connectivity index (χ3n) is 0.331. The number of aromatic nitrogens is 3. The minimum Gasteiger partial charge on any atom is -0.385 e. The number of nitrogens with zero attached hydrogens (tertiary/aromatic N) is 2. The Morgan fingerprint density at radius 2 is 1.89 bits per heavy atom. The number of H-pyrrole nitrogens is 1. The second kappa shape index (κ2) is 5.52. The summed E-state index contributed by atoms with van der Waals surface area (Å²) in [6.07, 6.45) is 3.17. The Labute approximate surface area is 63.2 Å². The average molecular weight is 162 g/mol. The number of nitrogens with one attached hydrogen (secondary N) is 1. The fraction of sp³-hybridized carbons (Fsp3) is 0. The summed E-state index contributed by atoms with van der Waals surface area (Å²) in [5.41, 5.74) is 4.71. The van der Waals surface area contributed by atoms with Gasteiger partial charge in [0.25, 0.3) is 0 Å². The van der Waals surface area contributed by atoms with Crippen LogP contribution in [0.4, 0.5) is 0 Å². The second-order valence-electron chi connectivity index (χ2n) is 0.995. The van der Waals surface area contributed by atoms with Crippen molar-refractivity contribution < 1.29 is 0 Å². The van der Waals surface area contributed by atoms with Crippen LogP contribution in [0.3, 0.4) is 0 Å². The molecule has 0 aliphatic carbocycles. The molecule has 0 aliphatic heterocycles. The van der Waals surface area contributed by atoms with Gasteiger partial charge in [-0.3, -0.25) is 0 Å². The number of thiol groups is 1. The van der Waals surface area contributed by atoms with Crippen LogP contribution in [0.2, 0.25) is 0 Å². The topological polar surface area (TPSA) is 67.6 Å². The van der Waals surface area contributed by atoms with E-state index in [1.165, 1.54) is 0 Å². The van der Waals surface area contributed by atoms with Gasteiger partial charge in [-0.1, -0.05) is 12.2 Å². The molecule has 0 atom stereocenters. The first-order chi connectivity index (χ1) is 4.23. The zero-order valence-corrected chi connectivity index (χ0v) is 6.19. The van der Waals surface area contributed by atoms with Gasteiger partial charge in [0.15, 0.2) is 0 Å². The lowest BCUT2D eigenvalue weighted by Crippen LogP contribution is -1.94. The summed E-state index contributed by atoms with van der Waals surface area (Å²) in [7, 11) is 0. The zero-order valence-electron chi connectivity index (χ0n) is 4.48. The molecule has 1 heterocycles. The van der Waals surface area contributed by atoms with Crippen molar-refractivity contribution in [3.63, 3.8) is 0 Å². The van der Waals surface area contributed by atoms with Crippen LogP contribution in [0.1, 0.15) is 0 Å². The van der Waals surface area contributed by atoms with Crippen molar-refractivity contribution in [2.45, 2.75) is 0 Å². The molecule has 1 rings (SSSR count). The summed E-state index contributed by atoms with van der Waals surface area (Å²) in [6, 6.07) is 0. The van der Waals surface area contributed by atoms with Gasteiger partial charge in [-0.25, -0.2) is 0 Å². The highest BCUT2D eigenvalue weighted by molar-refractivity contribution is 8.10. The molecular weight excluding hydrogens is 156 g/mol. The lowest BCUT2D eigenvalue weighted by molar-refractivity contribution is 0.940. The van der Waals surface area contributed by atoms with Gasteiger partial charge in [-0.15, -0.1) is 12.6 Å². The Morgan fingerprint density at radius 1 is 1.56 bits per heavy atom. The van der Waals surface area contributed by atoms with Crippen molar-refractivity contribution in [1.82, 2.24) is 15.4 Å². The minimum atomic E-state index is 0.194. The SMILES string of the molecule is NC(=S)S.c1cn[nH]n1. The number of hydrogen-bond acceptors (Lipinski definition) is 3. The van der Waals surface area contributed by atoms with E-state index in [0.717, 1.165) is 0 Å². The van der Waals surface area contributed by atoms with E-state index in [0.29, 0.717) is 0 Å². The van der Waals surface area contributed by atoms with Crippen LogP contribution in [-0.4, -0.2) is 19.7 Å². The van der Waals surface area contributed by atoms with Crippen LogP contribution < -0.4 is 5.73 Å². The maximum atomic E-state index is 4.71. The first kappa shape index (κ1) is 8.38. The summed E-state index contributed by atoms with van der Waals surface area (Å²) < 4.78 is 0.194. The Balaban J connectivity index is 0.000000148. The third-order valence-corrected chi connectivity index (χ3v) is 0.331. The molecule has 1 aromatic heterocycles. The Hall–Kier alpha value is -0.620. The molecule has 0 radical (unpaired) electrons. The van der Waals surface area contributed by atoms with Crippen molar-refractivity contribution in [3.8, 4) is 0 Å². The van der Waals surface area contributed by atoms with Gasteiger partial charge in [0.05, 0.1) is 12.4 Å². The van der Waals surface area contributed by atoms with Gasteiger partial charge in [0.1, 0.15) is 4.32 Å². The second-order valence-corrected chi connectivity index (χ2v) is 2.22. The monoisotopic (exact) mass is 162 g/mol.